The lowest BCUT2D eigenvalue weighted by atomic mass is 10.2. The average molecular weight is 308 g/mol. The summed E-state index contributed by atoms with van der Waals surface area (Å²) in [6, 6.07) is 2.72. The Kier molecular flexibility index (Phi) is 6.97. The van der Waals surface area contributed by atoms with Crippen LogP contribution in [0.15, 0.2) is 15.9 Å². The van der Waals surface area contributed by atoms with E-state index < -0.39 is 0 Å². The minimum Gasteiger partial charge on any atom is -0.316 e. The molecule has 1 unspecified atom stereocenters. The van der Waals surface area contributed by atoms with Crippen LogP contribution in [0.5, 0.6) is 0 Å². The maximum absolute atomic E-state index is 3.58. The van der Waals surface area contributed by atoms with Gasteiger partial charge in [0.25, 0.3) is 0 Å². The quantitative estimate of drug-likeness (QED) is 0.769. The highest BCUT2D eigenvalue weighted by atomic mass is 79.9. The van der Waals surface area contributed by atoms with E-state index in [1.165, 1.54) is 27.3 Å². The number of thiophene rings is 1. The van der Waals surface area contributed by atoms with Gasteiger partial charge in [0.2, 0.25) is 0 Å². The van der Waals surface area contributed by atoms with Crippen molar-refractivity contribution < 1.29 is 0 Å². The van der Waals surface area contributed by atoms with E-state index in [0.29, 0.717) is 6.04 Å². The van der Waals surface area contributed by atoms with Gasteiger partial charge in [-0.15, -0.1) is 11.3 Å². The largest absolute Gasteiger partial charge is 0.316 e. The zero-order chi connectivity index (χ0) is 11.1. The summed E-state index contributed by atoms with van der Waals surface area (Å²) in [4.78, 5) is 1.45. The lowest BCUT2D eigenvalue weighted by Crippen LogP contribution is -2.30. The molecule has 1 nitrogen and oxygen atoms in total. The first-order chi connectivity index (χ1) is 7.27. The Morgan fingerprint density at radius 1 is 1.60 bits per heavy atom. The maximum atomic E-state index is 3.58. The number of likely N-dealkylation sites (N-methyl/N-ethyl adjacent to an activating group) is 1. The minimum atomic E-state index is 0.594. The van der Waals surface area contributed by atoms with E-state index in [2.05, 4.69) is 46.7 Å². The van der Waals surface area contributed by atoms with Crippen LogP contribution in [0, 0.1) is 0 Å². The van der Waals surface area contributed by atoms with Crippen molar-refractivity contribution in [2.75, 3.05) is 18.6 Å². The smallest absolute Gasteiger partial charge is 0.0314 e. The van der Waals surface area contributed by atoms with E-state index in [1.807, 2.05) is 23.1 Å². The molecule has 1 aromatic rings. The first-order valence-electron chi connectivity index (χ1n) is 5.24. The lowest BCUT2D eigenvalue weighted by Gasteiger charge is -2.14. The monoisotopic (exact) mass is 307 g/mol. The predicted octanol–water partition coefficient (Wildman–Crippen LogP) is 3.78. The summed E-state index contributed by atoms with van der Waals surface area (Å²) in [6.07, 6.45) is 2.40. The molecule has 1 aromatic heterocycles. The second-order valence-electron chi connectivity index (χ2n) is 3.46. The molecular formula is C11H18BrNS2. The fourth-order valence-electron chi connectivity index (χ4n) is 1.31. The molecule has 1 heterocycles. The van der Waals surface area contributed by atoms with Gasteiger partial charge in [-0.05, 0) is 53.0 Å². The summed E-state index contributed by atoms with van der Waals surface area (Å²) in [5.41, 5.74) is 0. The minimum absolute atomic E-state index is 0.594. The Morgan fingerprint density at radius 3 is 2.93 bits per heavy atom. The lowest BCUT2D eigenvalue weighted by molar-refractivity contribution is 0.621. The van der Waals surface area contributed by atoms with Gasteiger partial charge in [-0.1, -0.05) is 6.92 Å². The standard InChI is InChI=1S/C11H18BrNS2/c1-3-5-14-8-9(13-2)7-11-10(12)4-6-15-11/h4,6,9,13H,3,5,7-8H2,1-2H3. The number of thioether (sulfide) groups is 1. The van der Waals surface area contributed by atoms with E-state index in [4.69, 9.17) is 0 Å². The number of halogens is 1. The first kappa shape index (κ1) is 13.6. The van der Waals surface area contributed by atoms with Crippen LogP contribution in [0.1, 0.15) is 18.2 Å². The fraction of sp³-hybridized carbons (Fsp3) is 0.636. The van der Waals surface area contributed by atoms with Gasteiger partial charge >= 0.3 is 0 Å². The molecule has 0 radical (unpaired) electrons. The third-order valence-electron chi connectivity index (χ3n) is 2.20. The van der Waals surface area contributed by atoms with E-state index in [1.54, 1.807) is 0 Å². The van der Waals surface area contributed by atoms with E-state index >= 15 is 0 Å². The Morgan fingerprint density at radius 2 is 2.40 bits per heavy atom. The molecule has 0 aliphatic rings. The Balaban J connectivity index is 2.36. The van der Waals surface area contributed by atoms with Crippen LogP contribution in [0.2, 0.25) is 0 Å². The van der Waals surface area contributed by atoms with E-state index in [0.717, 1.165) is 6.42 Å². The second-order valence-corrected chi connectivity index (χ2v) is 6.46. The average Bonchev–Trinajstić information content (AvgIpc) is 2.63. The van der Waals surface area contributed by atoms with Crippen molar-refractivity contribution in [2.45, 2.75) is 25.8 Å². The molecule has 0 bridgehead atoms. The third-order valence-corrected chi connectivity index (χ3v) is 5.48. The van der Waals surface area contributed by atoms with Gasteiger partial charge in [-0.2, -0.15) is 11.8 Å². The van der Waals surface area contributed by atoms with Crippen LogP contribution < -0.4 is 5.32 Å². The molecule has 0 spiro atoms. The molecule has 0 saturated carbocycles. The summed E-state index contributed by atoms with van der Waals surface area (Å²) in [6.45, 7) is 2.23. The molecule has 4 heteroatoms. The van der Waals surface area contributed by atoms with Crippen molar-refractivity contribution in [2.24, 2.45) is 0 Å². The van der Waals surface area contributed by atoms with Gasteiger partial charge in [0.05, 0.1) is 0 Å². The van der Waals surface area contributed by atoms with Gasteiger partial charge in [-0.3, -0.25) is 0 Å². The molecule has 15 heavy (non-hydrogen) atoms. The number of hydrogen-bond acceptors (Lipinski definition) is 3. The van der Waals surface area contributed by atoms with Crippen LogP contribution in [-0.4, -0.2) is 24.6 Å². The zero-order valence-corrected chi connectivity index (χ0v) is 12.5. The molecule has 0 aliphatic carbocycles. The van der Waals surface area contributed by atoms with Gasteiger partial charge in [0.15, 0.2) is 0 Å². The van der Waals surface area contributed by atoms with Gasteiger partial charge in [-0.25, -0.2) is 0 Å². The van der Waals surface area contributed by atoms with Gasteiger partial charge < -0.3 is 5.32 Å². The highest BCUT2D eigenvalue weighted by Gasteiger charge is 2.10. The van der Waals surface area contributed by atoms with Crippen molar-refractivity contribution in [3.05, 3.63) is 20.8 Å². The second kappa shape index (κ2) is 7.71. The van der Waals surface area contributed by atoms with Crippen LogP contribution in [0.4, 0.5) is 0 Å². The maximum Gasteiger partial charge on any atom is 0.0314 e. The normalized spacial score (nSPS) is 13.0. The molecule has 0 aliphatic heterocycles. The molecule has 1 N–H and O–H groups in total. The Bertz CT molecular complexity index is 275. The number of rotatable bonds is 7. The van der Waals surface area contributed by atoms with E-state index in [-0.39, 0.29) is 0 Å². The molecular weight excluding hydrogens is 290 g/mol. The zero-order valence-electron chi connectivity index (χ0n) is 9.25. The highest BCUT2D eigenvalue weighted by Crippen LogP contribution is 2.24. The van der Waals surface area contributed by atoms with Crippen LogP contribution in [0.25, 0.3) is 0 Å². The summed E-state index contributed by atoms with van der Waals surface area (Å²) < 4.78 is 1.26. The fourth-order valence-corrected chi connectivity index (χ4v) is 3.93. The molecule has 86 valence electrons. The third kappa shape index (κ3) is 4.89. The SMILES string of the molecule is CCCSCC(Cc1sccc1Br)NC. The van der Waals surface area contributed by atoms with Crippen LogP contribution >= 0.6 is 39.0 Å². The summed E-state index contributed by atoms with van der Waals surface area (Å²) in [5, 5.41) is 5.54. The van der Waals surface area contributed by atoms with Crippen molar-refractivity contribution in [1.82, 2.24) is 5.32 Å². The number of nitrogens with one attached hydrogen (secondary N) is 1. The molecule has 0 aromatic carbocycles. The van der Waals surface area contributed by atoms with E-state index in [9.17, 15) is 0 Å². The van der Waals surface area contributed by atoms with Crippen LogP contribution in [-0.2, 0) is 6.42 Å². The Hall–Kier alpha value is 0.490. The molecule has 0 fully saturated rings. The Labute approximate surface area is 109 Å². The van der Waals surface area contributed by atoms with Gasteiger partial charge in [0, 0.05) is 21.1 Å². The van der Waals surface area contributed by atoms with Crippen molar-refractivity contribution in [3.63, 3.8) is 0 Å². The topological polar surface area (TPSA) is 12.0 Å². The summed E-state index contributed by atoms with van der Waals surface area (Å²) in [5.74, 6) is 2.47. The highest BCUT2D eigenvalue weighted by molar-refractivity contribution is 9.10. The van der Waals surface area contributed by atoms with Gasteiger partial charge in [0.1, 0.15) is 0 Å². The summed E-state index contributed by atoms with van der Waals surface area (Å²) >= 11 is 7.46. The molecule has 1 atom stereocenters. The molecule has 1 rings (SSSR count). The first-order valence-corrected chi connectivity index (χ1v) is 8.07. The van der Waals surface area contributed by atoms with Crippen molar-refractivity contribution in [1.29, 1.82) is 0 Å². The van der Waals surface area contributed by atoms with Crippen molar-refractivity contribution in [3.8, 4) is 0 Å². The molecule has 0 saturated heterocycles. The van der Waals surface area contributed by atoms with Crippen LogP contribution in [0.3, 0.4) is 0 Å². The number of hydrogen-bond donors (Lipinski definition) is 1. The predicted molar refractivity (Wildman–Crippen MR) is 76.2 cm³/mol. The van der Waals surface area contributed by atoms with Crippen molar-refractivity contribution >= 4 is 39.0 Å². The molecule has 0 amide bonds. The summed E-state index contributed by atoms with van der Waals surface area (Å²) in [7, 11) is 2.05.